The zero-order valence-corrected chi connectivity index (χ0v) is 18.4. The molecule has 0 bridgehead atoms. The molecule has 2 heterocycles. The molecule has 2 aliphatic heterocycles. The maximum Gasteiger partial charge on any atom is 0.194 e. The van der Waals surface area contributed by atoms with Crippen LogP contribution in [0.25, 0.3) is 0 Å². The summed E-state index contributed by atoms with van der Waals surface area (Å²) in [6.45, 7) is 8.62. The van der Waals surface area contributed by atoms with E-state index in [1.165, 1.54) is 45.0 Å². The van der Waals surface area contributed by atoms with Crippen molar-refractivity contribution in [2.45, 2.75) is 32.3 Å². The monoisotopic (exact) mass is 490 g/mol. The van der Waals surface area contributed by atoms with Gasteiger partial charge < -0.3 is 20.2 Å². The average molecular weight is 490 g/mol. The Labute approximate surface area is 179 Å². The molecule has 0 radical (unpaired) electrons. The molecule has 0 aromatic heterocycles. The van der Waals surface area contributed by atoms with Gasteiger partial charge in [-0.05, 0) is 51.3 Å². The maximum absolute atomic E-state index is 13.8. The lowest BCUT2D eigenvalue weighted by atomic mass is 10.1. The van der Waals surface area contributed by atoms with Crippen LogP contribution in [-0.2, 0) is 0 Å². The van der Waals surface area contributed by atoms with Crippen molar-refractivity contribution in [2.24, 2.45) is 10.9 Å². The zero-order chi connectivity index (χ0) is 18.4. The third-order valence-corrected chi connectivity index (χ3v) is 5.31. The third-order valence-electron chi connectivity index (χ3n) is 5.31. The van der Waals surface area contributed by atoms with Crippen LogP contribution in [0.5, 0.6) is 0 Å². The molecule has 2 atom stereocenters. The topological polar surface area (TPSA) is 51.1 Å². The standard InChI is InChI=1S/C20H31FN4O.HI/c1-2-22-20(23-13-19(26)17-7-3-4-8-18(17)21)25-12-9-16(15-25)14-24-10-5-6-11-24;/h3-4,7-8,16,19,26H,2,5-6,9-15H2,1H3,(H,22,23);1H. The first-order valence-corrected chi connectivity index (χ1v) is 9.85. The van der Waals surface area contributed by atoms with E-state index in [4.69, 9.17) is 0 Å². The van der Waals surface area contributed by atoms with Crippen molar-refractivity contribution in [3.63, 3.8) is 0 Å². The predicted octanol–water partition coefficient (Wildman–Crippen LogP) is 2.86. The molecule has 3 rings (SSSR count). The third kappa shape index (κ3) is 6.29. The number of aliphatic hydroxyl groups is 1. The van der Waals surface area contributed by atoms with Gasteiger partial charge in [0.05, 0.1) is 6.54 Å². The number of rotatable bonds is 6. The molecule has 0 amide bonds. The summed E-state index contributed by atoms with van der Waals surface area (Å²) >= 11 is 0. The quantitative estimate of drug-likeness (QED) is 0.366. The molecule has 27 heavy (non-hydrogen) atoms. The summed E-state index contributed by atoms with van der Waals surface area (Å²) in [7, 11) is 0. The lowest BCUT2D eigenvalue weighted by Crippen LogP contribution is -2.41. The molecule has 0 saturated carbocycles. The van der Waals surface area contributed by atoms with Crippen LogP contribution in [-0.4, -0.2) is 66.7 Å². The zero-order valence-electron chi connectivity index (χ0n) is 16.1. The van der Waals surface area contributed by atoms with Gasteiger partial charge in [0.15, 0.2) is 5.96 Å². The molecule has 1 aromatic rings. The first kappa shape index (κ1) is 22.4. The molecule has 1 aromatic carbocycles. The van der Waals surface area contributed by atoms with Crippen LogP contribution in [0, 0.1) is 11.7 Å². The van der Waals surface area contributed by atoms with E-state index in [9.17, 15) is 9.50 Å². The van der Waals surface area contributed by atoms with E-state index in [2.05, 4.69) is 20.1 Å². The fourth-order valence-electron chi connectivity index (χ4n) is 3.95. The Morgan fingerprint density at radius 2 is 2.04 bits per heavy atom. The summed E-state index contributed by atoms with van der Waals surface area (Å²) in [5.74, 6) is 1.12. The molecule has 152 valence electrons. The minimum atomic E-state index is -0.923. The van der Waals surface area contributed by atoms with Crippen molar-refractivity contribution in [3.8, 4) is 0 Å². The summed E-state index contributed by atoms with van der Waals surface area (Å²) in [5.41, 5.74) is 0.306. The minimum Gasteiger partial charge on any atom is -0.386 e. The van der Waals surface area contributed by atoms with E-state index in [0.717, 1.165) is 25.6 Å². The Morgan fingerprint density at radius 1 is 1.30 bits per heavy atom. The highest BCUT2D eigenvalue weighted by Gasteiger charge is 2.27. The van der Waals surface area contributed by atoms with Crippen molar-refractivity contribution in [2.75, 3.05) is 45.8 Å². The smallest absolute Gasteiger partial charge is 0.194 e. The summed E-state index contributed by atoms with van der Waals surface area (Å²) in [6.07, 6.45) is 2.91. The predicted molar refractivity (Wildman–Crippen MR) is 118 cm³/mol. The average Bonchev–Trinajstić information content (AvgIpc) is 3.31. The van der Waals surface area contributed by atoms with Gasteiger partial charge in [-0.2, -0.15) is 0 Å². The number of aliphatic hydroxyl groups excluding tert-OH is 1. The Hall–Kier alpha value is -0.930. The molecule has 2 saturated heterocycles. The number of nitrogens with one attached hydrogen (secondary N) is 1. The SMILES string of the molecule is CCNC(=NCC(O)c1ccccc1F)N1CCC(CN2CCCC2)C1.I. The van der Waals surface area contributed by atoms with Gasteiger partial charge in [-0.3, -0.25) is 4.99 Å². The Kier molecular flexibility index (Phi) is 9.25. The summed E-state index contributed by atoms with van der Waals surface area (Å²) in [6, 6.07) is 6.35. The molecular weight excluding hydrogens is 458 g/mol. The van der Waals surface area contributed by atoms with E-state index < -0.39 is 6.10 Å². The number of benzene rings is 1. The molecule has 2 fully saturated rings. The highest BCUT2D eigenvalue weighted by atomic mass is 127. The van der Waals surface area contributed by atoms with Gasteiger partial charge in [-0.15, -0.1) is 24.0 Å². The number of nitrogens with zero attached hydrogens (tertiary/aromatic N) is 3. The van der Waals surface area contributed by atoms with Crippen molar-refractivity contribution >= 4 is 29.9 Å². The van der Waals surface area contributed by atoms with Crippen molar-refractivity contribution in [3.05, 3.63) is 35.6 Å². The van der Waals surface area contributed by atoms with Crippen LogP contribution in [0.1, 0.15) is 37.9 Å². The number of likely N-dealkylation sites (tertiary alicyclic amines) is 2. The van der Waals surface area contributed by atoms with Crippen molar-refractivity contribution < 1.29 is 9.50 Å². The number of halogens is 2. The normalized spacial score (nSPS) is 22.0. The largest absolute Gasteiger partial charge is 0.386 e. The molecule has 7 heteroatoms. The van der Waals surface area contributed by atoms with Gasteiger partial charge in [0.2, 0.25) is 0 Å². The Morgan fingerprint density at radius 3 is 2.74 bits per heavy atom. The molecule has 2 N–H and O–H groups in total. The lowest BCUT2D eigenvalue weighted by Gasteiger charge is -2.23. The van der Waals surface area contributed by atoms with Crippen LogP contribution >= 0.6 is 24.0 Å². The Balaban J connectivity index is 0.00000261. The second kappa shape index (κ2) is 11.2. The summed E-state index contributed by atoms with van der Waals surface area (Å²) in [4.78, 5) is 9.43. The molecular formula is C20H32FIN4O. The molecule has 0 aliphatic carbocycles. The van der Waals surface area contributed by atoms with Gasteiger partial charge in [-0.25, -0.2) is 4.39 Å². The molecule has 2 unspecified atom stereocenters. The van der Waals surface area contributed by atoms with Gasteiger partial charge in [0, 0.05) is 31.7 Å². The maximum atomic E-state index is 13.8. The second-order valence-corrected chi connectivity index (χ2v) is 7.34. The number of guanidine groups is 1. The minimum absolute atomic E-state index is 0. The fraction of sp³-hybridized carbons (Fsp3) is 0.650. The highest BCUT2D eigenvalue weighted by molar-refractivity contribution is 14.0. The first-order valence-electron chi connectivity index (χ1n) is 9.85. The van der Waals surface area contributed by atoms with Crippen LogP contribution < -0.4 is 5.32 Å². The van der Waals surface area contributed by atoms with E-state index in [-0.39, 0.29) is 36.3 Å². The lowest BCUT2D eigenvalue weighted by molar-refractivity contribution is 0.181. The van der Waals surface area contributed by atoms with Gasteiger partial charge >= 0.3 is 0 Å². The van der Waals surface area contributed by atoms with Crippen LogP contribution in [0.3, 0.4) is 0 Å². The van der Waals surface area contributed by atoms with Gasteiger partial charge in [0.25, 0.3) is 0 Å². The van der Waals surface area contributed by atoms with E-state index in [0.29, 0.717) is 11.5 Å². The summed E-state index contributed by atoms with van der Waals surface area (Å²) in [5, 5.41) is 13.6. The number of hydrogen-bond acceptors (Lipinski definition) is 3. The molecule has 5 nitrogen and oxygen atoms in total. The van der Waals surface area contributed by atoms with Crippen LogP contribution in [0.15, 0.2) is 29.3 Å². The molecule has 2 aliphatic rings. The van der Waals surface area contributed by atoms with Crippen molar-refractivity contribution in [1.29, 1.82) is 0 Å². The second-order valence-electron chi connectivity index (χ2n) is 7.34. The van der Waals surface area contributed by atoms with Gasteiger partial charge in [0.1, 0.15) is 11.9 Å². The van der Waals surface area contributed by atoms with E-state index >= 15 is 0 Å². The highest BCUT2D eigenvalue weighted by Crippen LogP contribution is 2.21. The van der Waals surface area contributed by atoms with E-state index in [1.54, 1.807) is 18.2 Å². The van der Waals surface area contributed by atoms with Crippen LogP contribution in [0.2, 0.25) is 0 Å². The van der Waals surface area contributed by atoms with Crippen molar-refractivity contribution in [1.82, 2.24) is 15.1 Å². The Bertz CT molecular complexity index is 609. The van der Waals surface area contributed by atoms with E-state index in [1.807, 2.05) is 6.92 Å². The summed E-state index contributed by atoms with van der Waals surface area (Å²) < 4.78 is 13.8. The fourth-order valence-corrected chi connectivity index (χ4v) is 3.95. The first-order chi connectivity index (χ1) is 12.7. The molecule has 0 spiro atoms. The number of aliphatic imine (C=N–C) groups is 1. The van der Waals surface area contributed by atoms with Gasteiger partial charge in [-0.1, -0.05) is 18.2 Å². The number of hydrogen-bond donors (Lipinski definition) is 2. The van der Waals surface area contributed by atoms with Crippen LogP contribution in [0.4, 0.5) is 4.39 Å².